The molecule has 3 aromatic rings. The Morgan fingerprint density at radius 1 is 1.17 bits per heavy atom. The minimum absolute atomic E-state index is 0.0435. The fourth-order valence-corrected chi connectivity index (χ4v) is 4.85. The molecule has 0 spiro atoms. The summed E-state index contributed by atoms with van der Waals surface area (Å²) in [6.45, 7) is 2.31. The first-order valence-electron chi connectivity index (χ1n) is 9.26. The van der Waals surface area contributed by atoms with Gasteiger partial charge in [-0.1, -0.05) is 37.3 Å². The van der Waals surface area contributed by atoms with Crippen molar-refractivity contribution in [3.63, 3.8) is 0 Å². The first-order valence-corrected chi connectivity index (χ1v) is 10.6. The number of nitrogens with zero attached hydrogens (tertiary/aromatic N) is 2. The van der Waals surface area contributed by atoms with Crippen LogP contribution in [0.5, 0.6) is 0 Å². The molecule has 29 heavy (non-hydrogen) atoms. The fraction of sp³-hybridized carbons (Fsp3) is 0.238. The highest BCUT2D eigenvalue weighted by Crippen LogP contribution is 2.52. The zero-order chi connectivity index (χ0) is 20.4. The summed E-state index contributed by atoms with van der Waals surface area (Å²) >= 11 is 6.86. The van der Waals surface area contributed by atoms with Crippen LogP contribution in [0.1, 0.15) is 36.9 Å². The van der Waals surface area contributed by atoms with Crippen LogP contribution >= 0.6 is 23.6 Å². The normalized spacial score (nSPS) is 20.5. The molecule has 0 amide bonds. The number of benzene rings is 2. The number of anilines is 2. The SMILES string of the molecule is CC1(c2ccccc2)CC(c2csc(NC(=S)Nc3ccc([N+](=O)[O-])cc3)n2)C1. The number of rotatable bonds is 5. The van der Waals surface area contributed by atoms with Gasteiger partial charge in [0, 0.05) is 29.1 Å². The lowest BCUT2D eigenvalue weighted by Gasteiger charge is -2.45. The van der Waals surface area contributed by atoms with E-state index in [-0.39, 0.29) is 11.1 Å². The molecule has 2 aromatic carbocycles. The Hall–Kier alpha value is -2.84. The molecule has 6 nitrogen and oxygen atoms in total. The van der Waals surface area contributed by atoms with Crippen molar-refractivity contribution in [2.24, 2.45) is 0 Å². The van der Waals surface area contributed by atoms with Gasteiger partial charge in [-0.3, -0.25) is 10.1 Å². The van der Waals surface area contributed by atoms with Gasteiger partial charge in [0.05, 0.1) is 10.6 Å². The number of non-ortho nitro benzene ring substituents is 1. The van der Waals surface area contributed by atoms with E-state index in [1.54, 1.807) is 12.1 Å². The Balaban J connectivity index is 1.33. The van der Waals surface area contributed by atoms with E-state index < -0.39 is 4.92 Å². The van der Waals surface area contributed by atoms with Crippen LogP contribution in [0.15, 0.2) is 60.0 Å². The van der Waals surface area contributed by atoms with Crippen molar-refractivity contribution in [2.75, 3.05) is 10.6 Å². The second-order valence-corrected chi connectivity index (χ2v) is 8.76. The second-order valence-electron chi connectivity index (χ2n) is 7.49. The number of thiazole rings is 1. The molecule has 1 saturated carbocycles. The van der Waals surface area contributed by atoms with E-state index in [1.807, 2.05) is 0 Å². The molecular weight excluding hydrogens is 404 g/mol. The van der Waals surface area contributed by atoms with Gasteiger partial charge in [0.15, 0.2) is 10.2 Å². The molecule has 0 bridgehead atoms. The maximum absolute atomic E-state index is 10.7. The summed E-state index contributed by atoms with van der Waals surface area (Å²) in [5.41, 5.74) is 3.43. The summed E-state index contributed by atoms with van der Waals surface area (Å²) in [6.07, 6.45) is 2.18. The lowest BCUT2D eigenvalue weighted by Crippen LogP contribution is -2.37. The molecule has 1 aromatic heterocycles. The number of hydrogen-bond donors (Lipinski definition) is 2. The largest absolute Gasteiger partial charge is 0.332 e. The molecular formula is C21H20N4O2S2. The number of hydrogen-bond acceptors (Lipinski definition) is 5. The van der Waals surface area contributed by atoms with E-state index in [4.69, 9.17) is 17.2 Å². The molecule has 1 aliphatic carbocycles. The van der Waals surface area contributed by atoms with E-state index in [2.05, 4.69) is 53.3 Å². The van der Waals surface area contributed by atoms with Crippen LogP contribution in [-0.4, -0.2) is 15.0 Å². The first-order chi connectivity index (χ1) is 13.9. The van der Waals surface area contributed by atoms with Gasteiger partial charge in [-0.05, 0) is 48.2 Å². The third-order valence-corrected chi connectivity index (χ3v) is 6.34. The molecule has 0 aliphatic heterocycles. The number of nitro groups is 1. The van der Waals surface area contributed by atoms with Gasteiger partial charge in [0.1, 0.15) is 0 Å². The standard InChI is InChI=1S/C21H20N4O2S2/c1-21(15-5-3-2-4-6-15)11-14(12-21)18-13-29-20(23-18)24-19(28)22-16-7-9-17(10-8-16)25(26)27/h2-10,13-14H,11-12H2,1H3,(H2,22,23,24,28). The van der Waals surface area contributed by atoms with Crippen molar-refractivity contribution in [3.8, 4) is 0 Å². The Kier molecular flexibility index (Phi) is 5.29. The zero-order valence-corrected chi connectivity index (χ0v) is 17.4. The smallest absolute Gasteiger partial charge is 0.269 e. The van der Waals surface area contributed by atoms with E-state index in [9.17, 15) is 10.1 Å². The molecule has 0 atom stereocenters. The highest BCUT2D eigenvalue weighted by Gasteiger charge is 2.43. The third-order valence-electron chi connectivity index (χ3n) is 5.36. The minimum Gasteiger partial charge on any atom is -0.332 e. The van der Waals surface area contributed by atoms with Crippen molar-refractivity contribution in [2.45, 2.75) is 31.1 Å². The summed E-state index contributed by atoms with van der Waals surface area (Å²) in [6, 6.07) is 16.8. The number of thiocarbonyl (C=S) groups is 1. The van der Waals surface area contributed by atoms with Crippen LogP contribution in [0, 0.1) is 10.1 Å². The predicted octanol–water partition coefficient (Wildman–Crippen LogP) is 5.70. The Bertz CT molecular complexity index is 1030. The van der Waals surface area contributed by atoms with Crippen LogP contribution < -0.4 is 10.6 Å². The monoisotopic (exact) mass is 424 g/mol. The lowest BCUT2D eigenvalue weighted by atomic mass is 9.59. The number of aromatic nitrogens is 1. The summed E-state index contributed by atoms with van der Waals surface area (Å²) in [7, 11) is 0. The Morgan fingerprint density at radius 2 is 1.86 bits per heavy atom. The average molecular weight is 425 g/mol. The molecule has 0 radical (unpaired) electrons. The van der Waals surface area contributed by atoms with Gasteiger partial charge in [-0.15, -0.1) is 11.3 Å². The van der Waals surface area contributed by atoms with Crippen LogP contribution in [-0.2, 0) is 5.41 Å². The quantitative estimate of drug-likeness (QED) is 0.311. The number of nitro benzene ring substituents is 1. The van der Waals surface area contributed by atoms with E-state index in [0.717, 1.165) is 23.7 Å². The van der Waals surface area contributed by atoms with Crippen molar-refractivity contribution < 1.29 is 4.92 Å². The van der Waals surface area contributed by atoms with Gasteiger partial charge in [-0.2, -0.15) is 0 Å². The summed E-state index contributed by atoms with van der Waals surface area (Å²) in [5.74, 6) is 0.461. The van der Waals surface area contributed by atoms with Gasteiger partial charge in [0.2, 0.25) is 0 Å². The molecule has 0 saturated heterocycles. The van der Waals surface area contributed by atoms with Crippen LogP contribution in [0.25, 0.3) is 0 Å². The maximum Gasteiger partial charge on any atom is 0.269 e. The lowest BCUT2D eigenvalue weighted by molar-refractivity contribution is -0.384. The fourth-order valence-electron chi connectivity index (χ4n) is 3.77. The summed E-state index contributed by atoms with van der Waals surface area (Å²) in [5, 5.41) is 20.1. The first kappa shape index (κ1) is 19.5. The molecule has 8 heteroatoms. The second kappa shape index (κ2) is 7.88. The average Bonchev–Trinajstić information content (AvgIpc) is 3.14. The van der Waals surface area contributed by atoms with Gasteiger partial charge in [-0.25, -0.2) is 4.98 Å². The van der Waals surface area contributed by atoms with Gasteiger partial charge >= 0.3 is 0 Å². The van der Waals surface area contributed by atoms with Crippen molar-refractivity contribution in [3.05, 3.63) is 81.3 Å². The predicted molar refractivity (Wildman–Crippen MR) is 121 cm³/mol. The molecule has 1 aliphatic rings. The molecule has 2 N–H and O–H groups in total. The third kappa shape index (κ3) is 4.28. The van der Waals surface area contributed by atoms with Crippen LogP contribution in [0.3, 0.4) is 0 Å². The maximum atomic E-state index is 10.7. The van der Waals surface area contributed by atoms with Crippen molar-refractivity contribution >= 4 is 45.2 Å². The van der Waals surface area contributed by atoms with Gasteiger partial charge < -0.3 is 10.6 Å². The Morgan fingerprint density at radius 3 is 2.52 bits per heavy atom. The molecule has 0 unspecified atom stereocenters. The number of nitrogens with one attached hydrogen (secondary N) is 2. The minimum atomic E-state index is -0.430. The molecule has 1 fully saturated rings. The molecule has 1 heterocycles. The van der Waals surface area contributed by atoms with E-state index in [0.29, 0.717) is 16.7 Å². The summed E-state index contributed by atoms with van der Waals surface area (Å²) in [4.78, 5) is 15.0. The highest BCUT2D eigenvalue weighted by atomic mass is 32.1. The van der Waals surface area contributed by atoms with Crippen molar-refractivity contribution in [1.29, 1.82) is 0 Å². The summed E-state index contributed by atoms with van der Waals surface area (Å²) < 4.78 is 0. The van der Waals surface area contributed by atoms with Crippen LogP contribution in [0.2, 0.25) is 0 Å². The highest BCUT2D eigenvalue weighted by molar-refractivity contribution is 7.80. The Labute approximate surface area is 178 Å². The zero-order valence-electron chi connectivity index (χ0n) is 15.8. The van der Waals surface area contributed by atoms with E-state index >= 15 is 0 Å². The molecule has 4 rings (SSSR count). The van der Waals surface area contributed by atoms with Crippen molar-refractivity contribution in [1.82, 2.24) is 4.98 Å². The molecule has 148 valence electrons. The van der Waals surface area contributed by atoms with E-state index in [1.165, 1.54) is 29.0 Å². The van der Waals surface area contributed by atoms with Gasteiger partial charge in [0.25, 0.3) is 5.69 Å². The van der Waals surface area contributed by atoms with Crippen LogP contribution in [0.4, 0.5) is 16.5 Å². The topological polar surface area (TPSA) is 80.1 Å².